The molecule has 0 aromatic carbocycles. The first-order chi connectivity index (χ1) is 7.79. The number of halogens is 3. The average molecular weight is 275 g/mol. The molecule has 0 spiro atoms. The lowest BCUT2D eigenvalue weighted by molar-refractivity contribution is -0.173. The van der Waals surface area contributed by atoms with Crippen molar-refractivity contribution in [2.24, 2.45) is 0 Å². The molecule has 1 atom stereocenters. The van der Waals surface area contributed by atoms with Gasteiger partial charge in [0.1, 0.15) is 6.61 Å². The van der Waals surface area contributed by atoms with Gasteiger partial charge in [-0.15, -0.1) is 0 Å². The summed E-state index contributed by atoms with van der Waals surface area (Å²) >= 11 is 0. The van der Waals surface area contributed by atoms with Crippen LogP contribution in [0.25, 0.3) is 0 Å². The van der Waals surface area contributed by atoms with E-state index in [1.165, 1.54) is 0 Å². The van der Waals surface area contributed by atoms with Crippen LogP contribution in [-0.2, 0) is 14.6 Å². The van der Waals surface area contributed by atoms with Crippen molar-refractivity contribution in [1.82, 2.24) is 5.32 Å². The predicted octanol–water partition coefficient (Wildman–Crippen LogP) is 0.732. The Morgan fingerprint density at radius 3 is 2.59 bits per heavy atom. The number of nitrogens with one attached hydrogen (secondary N) is 1. The van der Waals surface area contributed by atoms with Crippen LogP contribution in [0.5, 0.6) is 0 Å². The van der Waals surface area contributed by atoms with Gasteiger partial charge in [0, 0.05) is 12.6 Å². The third kappa shape index (κ3) is 6.85. The summed E-state index contributed by atoms with van der Waals surface area (Å²) in [6.45, 7) is -0.741. The van der Waals surface area contributed by atoms with Crippen molar-refractivity contribution in [2.45, 2.75) is 25.1 Å². The van der Waals surface area contributed by atoms with E-state index in [0.717, 1.165) is 0 Å². The first-order valence-corrected chi connectivity index (χ1v) is 7.19. The van der Waals surface area contributed by atoms with Gasteiger partial charge in [-0.25, -0.2) is 8.42 Å². The van der Waals surface area contributed by atoms with Crippen LogP contribution in [0.1, 0.15) is 12.8 Å². The zero-order valence-electron chi connectivity index (χ0n) is 9.29. The van der Waals surface area contributed by atoms with Crippen LogP contribution < -0.4 is 5.32 Å². The summed E-state index contributed by atoms with van der Waals surface area (Å²) in [5.41, 5.74) is 0. The monoisotopic (exact) mass is 275 g/mol. The highest BCUT2D eigenvalue weighted by molar-refractivity contribution is 7.91. The maximum Gasteiger partial charge on any atom is 0.411 e. The van der Waals surface area contributed by atoms with Gasteiger partial charge in [-0.3, -0.25) is 0 Å². The van der Waals surface area contributed by atoms with Crippen LogP contribution in [0.4, 0.5) is 13.2 Å². The molecule has 0 saturated carbocycles. The molecule has 1 unspecified atom stereocenters. The Balaban J connectivity index is 1.99. The Kier molecular flexibility index (Phi) is 5.21. The summed E-state index contributed by atoms with van der Waals surface area (Å²) in [6.07, 6.45) is -3.27. The summed E-state index contributed by atoms with van der Waals surface area (Å²) in [4.78, 5) is 0. The second-order valence-corrected chi connectivity index (χ2v) is 6.30. The van der Waals surface area contributed by atoms with Gasteiger partial charge in [0.15, 0.2) is 9.84 Å². The van der Waals surface area contributed by atoms with Crippen molar-refractivity contribution in [3.63, 3.8) is 0 Å². The number of hydrogen-bond acceptors (Lipinski definition) is 4. The van der Waals surface area contributed by atoms with Crippen LogP contribution in [0.3, 0.4) is 0 Å². The van der Waals surface area contributed by atoms with Crippen molar-refractivity contribution in [2.75, 3.05) is 31.3 Å². The van der Waals surface area contributed by atoms with Gasteiger partial charge in [0.25, 0.3) is 0 Å². The molecule has 1 rings (SSSR count). The van der Waals surface area contributed by atoms with Crippen molar-refractivity contribution in [3.8, 4) is 0 Å². The number of ether oxygens (including phenoxy) is 1. The fraction of sp³-hybridized carbons (Fsp3) is 1.00. The molecular formula is C9H16F3NO3S. The molecule has 0 aromatic heterocycles. The summed E-state index contributed by atoms with van der Waals surface area (Å²) in [5, 5.41) is 2.99. The lowest BCUT2D eigenvalue weighted by atomic mass is 10.2. The first-order valence-electron chi connectivity index (χ1n) is 5.37. The quantitative estimate of drug-likeness (QED) is 0.726. The smallest absolute Gasteiger partial charge is 0.372 e. The molecule has 4 nitrogen and oxygen atoms in total. The molecule has 0 aromatic rings. The molecule has 0 aliphatic carbocycles. The Labute approximate surface area is 98.4 Å². The summed E-state index contributed by atoms with van der Waals surface area (Å²) in [7, 11) is -2.90. The highest BCUT2D eigenvalue weighted by Crippen LogP contribution is 2.14. The van der Waals surface area contributed by atoms with E-state index in [4.69, 9.17) is 0 Å². The van der Waals surface area contributed by atoms with Gasteiger partial charge >= 0.3 is 6.18 Å². The molecule has 102 valence electrons. The molecule has 1 aliphatic heterocycles. The van der Waals surface area contributed by atoms with E-state index in [2.05, 4.69) is 10.1 Å². The number of alkyl halides is 3. The van der Waals surface area contributed by atoms with Crippen LogP contribution in [0, 0.1) is 0 Å². The van der Waals surface area contributed by atoms with Crippen molar-refractivity contribution < 1.29 is 26.3 Å². The van der Waals surface area contributed by atoms with Crippen LogP contribution in [0.2, 0.25) is 0 Å². The van der Waals surface area contributed by atoms with Gasteiger partial charge in [-0.2, -0.15) is 13.2 Å². The van der Waals surface area contributed by atoms with Crippen LogP contribution in [-0.4, -0.2) is 51.9 Å². The van der Waals surface area contributed by atoms with E-state index >= 15 is 0 Å². The summed E-state index contributed by atoms with van der Waals surface area (Å²) in [5.74, 6) is 0.311. The Bertz CT molecular complexity index is 329. The molecule has 1 aliphatic rings. The molecule has 0 radical (unpaired) electrons. The fourth-order valence-corrected chi connectivity index (χ4v) is 3.33. The topological polar surface area (TPSA) is 55.4 Å². The molecule has 1 fully saturated rings. The summed E-state index contributed by atoms with van der Waals surface area (Å²) in [6, 6.07) is -0.0670. The van der Waals surface area contributed by atoms with Gasteiger partial charge in [0.2, 0.25) is 0 Å². The number of sulfone groups is 1. The molecule has 0 bridgehead atoms. The SMILES string of the molecule is O=S1(=O)CCC(NCCCOCC(F)(F)F)C1. The average Bonchev–Trinajstić information content (AvgIpc) is 2.50. The minimum atomic E-state index is -4.28. The van der Waals surface area contributed by atoms with E-state index in [1.54, 1.807) is 0 Å². The third-order valence-corrected chi connectivity index (χ3v) is 4.16. The van der Waals surface area contributed by atoms with Gasteiger partial charge in [-0.1, -0.05) is 0 Å². The van der Waals surface area contributed by atoms with Gasteiger partial charge in [0.05, 0.1) is 11.5 Å². The first kappa shape index (κ1) is 14.7. The molecular weight excluding hydrogens is 259 g/mol. The Morgan fingerprint density at radius 1 is 1.35 bits per heavy atom. The molecule has 8 heteroatoms. The van der Waals surface area contributed by atoms with Gasteiger partial charge in [-0.05, 0) is 19.4 Å². The number of rotatable bonds is 6. The van der Waals surface area contributed by atoms with E-state index in [1.807, 2.05) is 0 Å². The minimum absolute atomic E-state index is 0.0198. The Morgan fingerprint density at radius 2 is 2.06 bits per heavy atom. The standard InChI is InChI=1S/C9H16F3NO3S/c10-9(11,12)7-16-4-1-3-13-8-2-5-17(14,15)6-8/h8,13H,1-7H2. The molecule has 1 N–H and O–H groups in total. The predicted molar refractivity (Wildman–Crippen MR) is 56.6 cm³/mol. The van der Waals surface area contributed by atoms with Crippen molar-refractivity contribution >= 4 is 9.84 Å². The molecule has 1 saturated heterocycles. The zero-order valence-corrected chi connectivity index (χ0v) is 10.1. The van der Waals surface area contributed by atoms with Gasteiger partial charge < -0.3 is 10.1 Å². The van der Waals surface area contributed by atoms with E-state index in [-0.39, 0.29) is 24.2 Å². The molecule has 0 amide bonds. The van der Waals surface area contributed by atoms with Crippen molar-refractivity contribution in [3.05, 3.63) is 0 Å². The van der Waals surface area contributed by atoms with E-state index < -0.39 is 22.6 Å². The highest BCUT2D eigenvalue weighted by Gasteiger charge is 2.28. The van der Waals surface area contributed by atoms with Crippen LogP contribution >= 0.6 is 0 Å². The lowest BCUT2D eigenvalue weighted by Gasteiger charge is -2.11. The maximum atomic E-state index is 11.7. The van der Waals surface area contributed by atoms with Crippen molar-refractivity contribution in [1.29, 1.82) is 0 Å². The Hall–Kier alpha value is -0.340. The largest absolute Gasteiger partial charge is 0.411 e. The number of hydrogen-bond donors (Lipinski definition) is 1. The molecule has 1 heterocycles. The minimum Gasteiger partial charge on any atom is -0.372 e. The maximum absolute atomic E-state index is 11.7. The third-order valence-electron chi connectivity index (χ3n) is 2.40. The van der Waals surface area contributed by atoms with E-state index in [9.17, 15) is 21.6 Å². The summed E-state index contributed by atoms with van der Waals surface area (Å²) < 4.78 is 61.7. The fourth-order valence-electron chi connectivity index (χ4n) is 1.62. The second-order valence-electron chi connectivity index (χ2n) is 4.08. The van der Waals surface area contributed by atoms with Crippen LogP contribution in [0.15, 0.2) is 0 Å². The second kappa shape index (κ2) is 6.01. The molecule has 17 heavy (non-hydrogen) atoms. The lowest BCUT2D eigenvalue weighted by Crippen LogP contribution is -2.31. The normalized spacial score (nSPS) is 24.1. The zero-order chi connectivity index (χ0) is 12.9. The van der Waals surface area contributed by atoms with E-state index in [0.29, 0.717) is 19.4 Å². The highest BCUT2D eigenvalue weighted by atomic mass is 32.2.